The summed E-state index contributed by atoms with van der Waals surface area (Å²) in [6, 6.07) is 0. The lowest BCUT2D eigenvalue weighted by Crippen LogP contribution is -2.26. The summed E-state index contributed by atoms with van der Waals surface area (Å²) in [4.78, 5) is 11.8. The van der Waals surface area contributed by atoms with Crippen molar-refractivity contribution in [3.05, 3.63) is 17.1 Å². The van der Waals surface area contributed by atoms with E-state index in [4.69, 9.17) is 4.74 Å². The third-order valence-electron chi connectivity index (χ3n) is 4.83. The number of nitrogens with one attached hydrogen (secondary N) is 2. The number of ether oxygens (including phenoxy) is 1. The van der Waals surface area contributed by atoms with Gasteiger partial charge in [0.05, 0.1) is 12.3 Å². The molecule has 2 aliphatic rings. The fourth-order valence-corrected chi connectivity index (χ4v) is 3.56. The standard InChI is InChI=1S/C17H29N5O/c1-13-20-16-4-7-18-6-3-15(16)17(21-13)19-11-14-5-8-22(12-14)9-10-23-2/h14,18H,3-12H2,1-2H3,(H,19,20,21)/t14-/m0/s1. The van der Waals surface area contributed by atoms with Crippen LogP contribution in [0.2, 0.25) is 0 Å². The van der Waals surface area contributed by atoms with E-state index in [1.165, 1.54) is 24.2 Å². The molecule has 1 aromatic rings. The molecule has 0 spiro atoms. The fraction of sp³-hybridized carbons (Fsp3) is 0.765. The van der Waals surface area contributed by atoms with Crippen molar-refractivity contribution in [1.82, 2.24) is 20.2 Å². The van der Waals surface area contributed by atoms with Gasteiger partial charge < -0.3 is 20.3 Å². The minimum absolute atomic E-state index is 0.696. The SMILES string of the molecule is COCCN1CC[C@@H](CNc2nc(C)nc3c2CCNCC3)C1. The number of hydrogen-bond donors (Lipinski definition) is 2. The van der Waals surface area contributed by atoms with Gasteiger partial charge in [-0.2, -0.15) is 0 Å². The van der Waals surface area contributed by atoms with E-state index in [0.29, 0.717) is 5.92 Å². The van der Waals surface area contributed by atoms with Crippen LogP contribution in [-0.4, -0.2) is 67.9 Å². The van der Waals surface area contributed by atoms with Crippen molar-refractivity contribution in [2.45, 2.75) is 26.2 Å². The molecule has 128 valence electrons. The Morgan fingerprint density at radius 2 is 2.17 bits per heavy atom. The van der Waals surface area contributed by atoms with Gasteiger partial charge in [0.2, 0.25) is 0 Å². The first-order valence-electron chi connectivity index (χ1n) is 8.78. The normalized spacial score (nSPS) is 21.9. The molecule has 23 heavy (non-hydrogen) atoms. The number of fused-ring (bicyclic) bond motifs is 1. The lowest BCUT2D eigenvalue weighted by Gasteiger charge is -2.17. The number of aryl methyl sites for hydroxylation is 1. The van der Waals surface area contributed by atoms with Gasteiger partial charge in [-0.25, -0.2) is 9.97 Å². The van der Waals surface area contributed by atoms with E-state index >= 15 is 0 Å². The van der Waals surface area contributed by atoms with Crippen LogP contribution in [-0.2, 0) is 17.6 Å². The Hall–Kier alpha value is -1.24. The van der Waals surface area contributed by atoms with Crippen LogP contribution in [0.4, 0.5) is 5.82 Å². The Kier molecular flexibility index (Phi) is 5.80. The van der Waals surface area contributed by atoms with Crippen LogP contribution in [0, 0.1) is 12.8 Å². The van der Waals surface area contributed by atoms with Gasteiger partial charge in [0.1, 0.15) is 11.6 Å². The molecule has 0 amide bonds. The molecule has 6 nitrogen and oxygen atoms in total. The lowest BCUT2D eigenvalue weighted by molar-refractivity contribution is 0.159. The smallest absolute Gasteiger partial charge is 0.133 e. The van der Waals surface area contributed by atoms with Crippen LogP contribution >= 0.6 is 0 Å². The van der Waals surface area contributed by atoms with Gasteiger partial charge in [0.25, 0.3) is 0 Å². The second-order valence-corrected chi connectivity index (χ2v) is 6.62. The lowest BCUT2D eigenvalue weighted by atomic mass is 10.1. The Morgan fingerprint density at radius 1 is 1.30 bits per heavy atom. The van der Waals surface area contributed by atoms with Gasteiger partial charge in [-0.15, -0.1) is 0 Å². The Labute approximate surface area is 139 Å². The first-order valence-corrected chi connectivity index (χ1v) is 8.78. The molecule has 1 atom stereocenters. The summed E-state index contributed by atoms with van der Waals surface area (Å²) >= 11 is 0. The fourth-order valence-electron chi connectivity index (χ4n) is 3.56. The van der Waals surface area contributed by atoms with Crippen molar-refractivity contribution in [3.8, 4) is 0 Å². The second kappa shape index (κ2) is 8.04. The minimum atomic E-state index is 0.696. The molecule has 3 rings (SSSR count). The van der Waals surface area contributed by atoms with E-state index in [0.717, 1.165) is 63.8 Å². The number of aromatic nitrogens is 2. The molecular formula is C17H29N5O. The summed E-state index contributed by atoms with van der Waals surface area (Å²) < 4.78 is 5.18. The van der Waals surface area contributed by atoms with Gasteiger partial charge in [0.15, 0.2) is 0 Å². The molecule has 0 radical (unpaired) electrons. The summed E-state index contributed by atoms with van der Waals surface area (Å²) in [6.07, 6.45) is 3.27. The molecule has 0 unspecified atom stereocenters. The zero-order valence-electron chi connectivity index (χ0n) is 14.4. The van der Waals surface area contributed by atoms with Crippen molar-refractivity contribution in [2.24, 2.45) is 5.92 Å². The van der Waals surface area contributed by atoms with Gasteiger partial charge >= 0.3 is 0 Å². The van der Waals surface area contributed by atoms with Crippen LogP contribution in [0.5, 0.6) is 0 Å². The number of nitrogens with zero attached hydrogens (tertiary/aromatic N) is 3. The predicted molar refractivity (Wildman–Crippen MR) is 92.0 cm³/mol. The molecule has 3 heterocycles. The third kappa shape index (κ3) is 4.40. The number of hydrogen-bond acceptors (Lipinski definition) is 6. The van der Waals surface area contributed by atoms with Crippen molar-refractivity contribution in [2.75, 3.05) is 58.3 Å². The van der Waals surface area contributed by atoms with Crippen molar-refractivity contribution >= 4 is 5.82 Å². The number of methoxy groups -OCH3 is 1. The van der Waals surface area contributed by atoms with Crippen molar-refractivity contribution < 1.29 is 4.74 Å². The molecule has 0 aliphatic carbocycles. The first kappa shape index (κ1) is 16.6. The zero-order chi connectivity index (χ0) is 16.1. The van der Waals surface area contributed by atoms with Crippen molar-refractivity contribution in [3.63, 3.8) is 0 Å². The molecule has 0 aromatic carbocycles. The molecule has 1 saturated heterocycles. The topological polar surface area (TPSA) is 62.3 Å². The van der Waals surface area contributed by atoms with Crippen LogP contribution in [0.1, 0.15) is 23.5 Å². The first-order chi connectivity index (χ1) is 11.3. The van der Waals surface area contributed by atoms with E-state index in [1.807, 2.05) is 6.92 Å². The van der Waals surface area contributed by atoms with E-state index in [9.17, 15) is 0 Å². The van der Waals surface area contributed by atoms with Gasteiger partial charge in [-0.1, -0.05) is 0 Å². The highest BCUT2D eigenvalue weighted by atomic mass is 16.5. The molecular weight excluding hydrogens is 290 g/mol. The molecule has 6 heteroatoms. The molecule has 2 N–H and O–H groups in total. The highest BCUT2D eigenvalue weighted by molar-refractivity contribution is 5.47. The third-order valence-corrected chi connectivity index (χ3v) is 4.83. The van der Waals surface area contributed by atoms with Crippen LogP contribution in [0.15, 0.2) is 0 Å². The largest absolute Gasteiger partial charge is 0.383 e. The highest BCUT2D eigenvalue weighted by Gasteiger charge is 2.23. The van der Waals surface area contributed by atoms with Crippen molar-refractivity contribution in [1.29, 1.82) is 0 Å². The average molecular weight is 319 g/mol. The maximum absolute atomic E-state index is 5.18. The summed E-state index contributed by atoms with van der Waals surface area (Å²) in [7, 11) is 1.77. The Morgan fingerprint density at radius 3 is 3.04 bits per heavy atom. The Balaban J connectivity index is 1.59. The minimum Gasteiger partial charge on any atom is -0.383 e. The molecule has 1 aromatic heterocycles. The van der Waals surface area contributed by atoms with Gasteiger partial charge in [0, 0.05) is 45.3 Å². The molecule has 0 saturated carbocycles. The zero-order valence-corrected chi connectivity index (χ0v) is 14.4. The summed E-state index contributed by atoms with van der Waals surface area (Å²) in [5, 5.41) is 7.07. The highest BCUT2D eigenvalue weighted by Crippen LogP contribution is 2.22. The molecule has 1 fully saturated rings. The average Bonchev–Trinajstić information content (AvgIpc) is 2.87. The molecule has 2 aliphatic heterocycles. The monoisotopic (exact) mass is 319 g/mol. The number of likely N-dealkylation sites (tertiary alicyclic amines) is 1. The van der Waals surface area contributed by atoms with Gasteiger partial charge in [-0.3, -0.25) is 0 Å². The predicted octanol–water partition coefficient (Wildman–Crippen LogP) is 0.853. The van der Waals surface area contributed by atoms with Crippen LogP contribution < -0.4 is 10.6 Å². The van der Waals surface area contributed by atoms with E-state index < -0.39 is 0 Å². The summed E-state index contributed by atoms with van der Waals surface area (Å²) in [5.41, 5.74) is 2.54. The quantitative estimate of drug-likeness (QED) is 0.811. The summed E-state index contributed by atoms with van der Waals surface area (Å²) in [6.45, 7) is 9.23. The maximum Gasteiger partial charge on any atom is 0.133 e. The number of rotatable bonds is 6. The van der Waals surface area contributed by atoms with E-state index in [-0.39, 0.29) is 0 Å². The second-order valence-electron chi connectivity index (χ2n) is 6.62. The van der Waals surface area contributed by atoms with E-state index in [2.05, 4.69) is 25.5 Å². The van der Waals surface area contributed by atoms with Crippen LogP contribution in [0.3, 0.4) is 0 Å². The summed E-state index contributed by atoms with van der Waals surface area (Å²) in [5.74, 6) is 2.63. The Bertz CT molecular complexity index is 522. The van der Waals surface area contributed by atoms with Crippen LogP contribution in [0.25, 0.3) is 0 Å². The van der Waals surface area contributed by atoms with E-state index in [1.54, 1.807) is 7.11 Å². The number of anilines is 1. The maximum atomic E-state index is 5.18. The van der Waals surface area contributed by atoms with Gasteiger partial charge in [-0.05, 0) is 38.8 Å². The molecule has 0 bridgehead atoms.